The molecule has 1 N–H and O–H groups in total. The van der Waals surface area contributed by atoms with E-state index in [1.165, 1.54) is 51.5 Å². The van der Waals surface area contributed by atoms with Gasteiger partial charge in [0.05, 0.1) is 0 Å². The van der Waals surface area contributed by atoms with Gasteiger partial charge in [0.15, 0.2) is 0 Å². The van der Waals surface area contributed by atoms with Crippen molar-refractivity contribution in [3.63, 3.8) is 0 Å². The maximum atomic E-state index is 3.66. The van der Waals surface area contributed by atoms with Gasteiger partial charge in [-0.25, -0.2) is 0 Å². The highest BCUT2D eigenvalue weighted by atomic mass is 14.9. The third-order valence-corrected chi connectivity index (χ3v) is 3.32. The minimum Gasteiger partial charge on any atom is -0.314 e. The molecular weight excluding hydrogens is 134 g/mol. The van der Waals surface area contributed by atoms with Crippen molar-refractivity contribution in [2.45, 2.75) is 51.0 Å². The van der Waals surface area contributed by atoms with Crippen molar-refractivity contribution in [3.8, 4) is 0 Å². The summed E-state index contributed by atoms with van der Waals surface area (Å²) >= 11 is 0. The van der Waals surface area contributed by atoms with Crippen molar-refractivity contribution in [3.05, 3.63) is 0 Å². The fourth-order valence-electron chi connectivity index (χ4n) is 2.65. The van der Waals surface area contributed by atoms with Gasteiger partial charge in [0, 0.05) is 6.04 Å². The van der Waals surface area contributed by atoms with E-state index in [4.69, 9.17) is 0 Å². The van der Waals surface area contributed by atoms with Crippen LogP contribution in [0.5, 0.6) is 0 Å². The Morgan fingerprint density at radius 1 is 0.818 bits per heavy atom. The zero-order chi connectivity index (χ0) is 7.52. The third kappa shape index (κ3) is 1.76. The van der Waals surface area contributed by atoms with Gasteiger partial charge >= 0.3 is 0 Å². The first-order valence-corrected chi connectivity index (χ1v) is 5.20. The first-order chi connectivity index (χ1) is 5.47. The molecule has 11 heavy (non-hydrogen) atoms. The fourth-order valence-corrected chi connectivity index (χ4v) is 2.65. The summed E-state index contributed by atoms with van der Waals surface area (Å²) < 4.78 is 0. The molecule has 1 aliphatic heterocycles. The molecule has 1 nitrogen and oxygen atoms in total. The van der Waals surface area contributed by atoms with E-state index in [-0.39, 0.29) is 0 Å². The molecule has 2 aliphatic rings. The van der Waals surface area contributed by atoms with E-state index in [2.05, 4.69) is 5.32 Å². The molecule has 1 heteroatoms. The molecular formula is C10H19N. The Kier molecular flexibility index (Phi) is 2.47. The van der Waals surface area contributed by atoms with Crippen molar-refractivity contribution in [1.82, 2.24) is 5.32 Å². The van der Waals surface area contributed by atoms with Crippen LogP contribution in [0.4, 0.5) is 0 Å². The lowest BCUT2D eigenvalue weighted by Crippen LogP contribution is -2.40. The van der Waals surface area contributed by atoms with Gasteiger partial charge in [-0.2, -0.15) is 0 Å². The minimum absolute atomic E-state index is 0.895. The molecule has 0 bridgehead atoms. The zero-order valence-corrected chi connectivity index (χ0v) is 7.31. The molecule has 1 saturated carbocycles. The number of hydrogen-bond donors (Lipinski definition) is 1. The topological polar surface area (TPSA) is 12.0 Å². The van der Waals surface area contributed by atoms with Gasteiger partial charge in [-0.15, -0.1) is 0 Å². The molecule has 0 unspecified atom stereocenters. The van der Waals surface area contributed by atoms with E-state index in [9.17, 15) is 0 Å². The SMILES string of the molecule is C1CC[C@@H]2CCCN[C@H]2CC1. The Morgan fingerprint density at radius 3 is 2.64 bits per heavy atom. The molecule has 64 valence electrons. The molecule has 2 rings (SSSR count). The van der Waals surface area contributed by atoms with Gasteiger partial charge in [-0.3, -0.25) is 0 Å². The number of rotatable bonds is 0. The van der Waals surface area contributed by atoms with Crippen LogP contribution in [0.15, 0.2) is 0 Å². The van der Waals surface area contributed by atoms with Crippen LogP contribution in [0.25, 0.3) is 0 Å². The summed E-state index contributed by atoms with van der Waals surface area (Å²) in [5.74, 6) is 1.03. The largest absolute Gasteiger partial charge is 0.314 e. The monoisotopic (exact) mass is 153 g/mol. The lowest BCUT2D eigenvalue weighted by atomic mass is 9.87. The second-order valence-electron chi connectivity index (χ2n) is 4.10. The maximum absolute atomic E-state index is 3.66. The summed E-state index contributed by atoms with van der Waals surface area (Å²) in [6.45, 7) is 1.28. The number of piperidine rings is 1. The molecule has 0 aromatic carbocycles. The standard InChI is InChI=1S/C10H19N/c1-2-5-9-6-4-8-11-10(9)7-3-1/h9-11H,1-8H2/t9-,10+/m1/s1. The van der Waals surface area contributed by atoms with Gasteiger partial charge < -0.3 is 5.32 Å². The lowest BCUT2D eigenvalue weighted by Gasteiger charge is -2.30. The van der Waals surface area contributed by atoms with Crippen molar-refractivity contribution in [2.75, 3.05) is 6.54 Å². The summed E-state index contributed by atoms with van der Waals surface area (Å²) in [7, 11) is 0. The molecule has 2 fully saturated rings. The number of hydrogen-bond acceptors (Lipinski definition) is 1. The highest BCUT2D eigenvalue weighted by Crippen LogP contribution is 2.29. The third-order valence-electron chi connectivity index (χ3n) is 3.32. The zero-order valence-electron chi connectivity index (χ0n) is 7.31. The second-order valence-corrected chi connectivity index (χ2v) is 4.10. The molecule has 2 atom stereocenters. The maximum Gasteiger partial charge on any atom is 0.00953 e. The Labute approximate surface area is 69.6 Å². The van der Waals surface area contributed by atoms with Crippen LogP contribution >= 0.6 is 0 Å². The second kappa shape index (κ2) is 3.57. The Bertz CT molecular complexity index is 108. The average molecular weight is 153 g/mol. The average Bonchev–Trinajstić information content (AvgIpc) is 2.28. The highest BCUT2D eigenvalue weighted by molar-refractivity contribution is 4.82. The van der Waals surface area contributed by atoms with Crippen molar-refractivity contribution in [2.24, 2.45) is 5.92 Å². The van der Waals surface area contributed by atoms with Crippen molar-refractivity contribution >= 4 is 0 Å². The van der Waals surface area contributed by atoms with Crippen LogP contribution in [0.3, 0.4) is 0 Å². The number of fused-ring (bicyclic) bond motifs is 1. The number of nitrogens with one attached hydrogen (secondary N) is 1. The molecule has 1 saturated heterocycles. The van der Waals surface area contributed by atoms with E-state index in [1.54, 1.807) is 0 Å². The van der Waals surface area contributed by atoms with Crippen LogP contribution in [-0.2, 0) is 0 Å². The van der Waals surface area contributed by atoms with E-state index in [1.807, 2.05) is 0 Å². The van der Waals surface area contributed by atoms with Gasteiger partial charge in [0.2, 0.25) is 0 Å². The summed E-state index contributed by atoms with van der Waals surface area (Å²) in [5.41, 5.74) is 0. The quantitative estimate of drug-likeness (QED) is 0.563. The summed E-state index contributed by atoms with van der Waals surface area (Å²) in [5, 5.41) is 3.66. The van der Waals surface area contributed by atoms with Crippen LogP contribution < -0.4 is 5.32 Å². The van der Waals surface area contributed by atoms with Gasteiger partial charge in [-0.1, -0.05) is 19.3 Å². The smallest absolute Gasteiger partial charge is 0.00953 e. The fraction of sp³-hybridized carbons (Fsp3) is 1.00. The minimum atomic E-state index is 0.895. The van der Waals surface area contributed by atoms with Gasteiger partial charge in [-0.05, 0) is 38.1 Å². The van der Waals surface area contributed by atoms with Crippen LogP contribution in [0.1, 0.15) is 44.9 Å². The highest BCUT2D eigenvalue weighted by Gasteiger charge is 2.25. The van der Waals surface area contributed by atoms with Crippen molar-refractivity contribution < 1.29 is 0 Å². The molecule has 1 heterocycles. The normalized spacial score (nSPS) is 39.3. The molecule has 0 amide bonds. The van der Waals surface area contributed by atoms with Crippen LogP contribution in [0.2, 0.25) is 0 Å². The van der Waals surface area contributed by atoms with E-state index in [0.29, 0.717) is 0 Å². The Morgan fingerprint density at radius 2 is 1.64 bits per heavy atom. The molecule has 1 aliphatic carbocycles. The first kappa shape index (κ1) is 7.60. The van der Waals surface area contributed by atoms with Crippen LogP contribution in [0, 0.1) is 5.92 Å². The van der Waals surface area contributed by atoms with E-state index in [0.717, 1.165) is 12.0 Å². The molecule has 0 spiro atoms. The van der Waals surface area contributed by atoms with Crippen LogP contribution in [-0.4, -0.2) is 12.6 Å². The Balaban J connectivity index is 1.93. The Hall–Kier alpha value is -0.0400. The summed E-state index contributed by atoms with van der Waals surface area (Å²) in [4.78, 5) is 0. The molecule has 0 aromatic heterocycles. The summed E-state index contributed by atoms with van der Waals surface area (Å²) in [6.07, 6.45) is 10.3. The molecule has 0 radical (unpaired) electrons. The van der Waals surface area contributed by atoms with Crippen molar-refractivity contribution in [1.29, 1.82) is 0 Å². The molecule has 0 aromatic rings. The van der Waals surface area contributed by atoms with E-state index < -0.39 is 0 Å². The predicted octanol–water partition coefficient (Wildman–Crippen LogP) is 2.32. The predicted molar refractivity (Wildman–Crippen MR) is 47.6 cm³/mol. The van der Waals surface area contributed by atoms with Gasteiger partial charge in [0.1, 0.15) is 0 Å². The lowest BCUT2D eigenvalue weighted by molar-refractivity contribution is 0.267. The first-order valence-electron chi connectivity index (χ1n) is 5.20. The van der Waals surface area contributed by atoms with Gasteiger partial charge in [0.25, 0.3) is 0 Å². The van der Waals surface area contributed by atoms with E-state index >= 15 is 0 Å². The summed E-state index contributed by atoms with van der Waals surface area (Å²) in [6, 6.07) is 0.895.